The summed E-state index contributed by atoms with van der Waals surface area (Å²) in [6.45, 7) is 3.77. The maximum absolute atomic E-state index is 13.1. The van der Waals surface area contributed by atoms with Gasteiger partial charge in [-0.25, -0.2) is 12.4 Å². The molecular weight excluding hydrogens is 346 g/mol. The minimum Gasteiger partial charge on any atom is -0.292 e. The van der Waals surface area contributed by atoms with Crippen LogP contribution in [0.5, 0.6) is 0 Å². The van der Waals surface area contributed by atoms with E-state index in [0.717, 1.165) is 20.7 Å². The first-order valence-electron chi connectivity index (χ1n) is 8.54. The third kappa shape index (κ3) is 2.42. The van der Waals surface area contributed by atoms with Crippen LogP contribution in [0.25, 0.3) is 0 Å². The van der Waals surface area contributed by atoms with Crippen molar-refractivity contribution in [2.24, 2.45) is 5.92 Å². The number of fused-ring (bicyclic) bond motifs is 1. The van der Waals surface area contributed by atoms with E-state index < -0.39 is 10.0 Å². The van der Waals surface area contributed by atoms with Crippen LogP contribution < -0.4 is 0 Å². The van der Waals surface area contributed by atoms with Gasteiger partial charge in [-0.3, -0.25) is 4.79 Å². The molecule has 3 aromatic rings. The molecule has 1 aliphatic rings. The first-order chi connectivity index (χ1) is 12.4. The van der Waals surface area contributed by atoms with Crippen LogP contribution in [-0.4, -0.2) is 18.2 Å². The van der Waals surface area contributed by atoms with E-state index in [1.54, 1.807) is 30.3 Å². The van der Waals surface area contributed by atoms with Crippen LogP contribution in [0.3, 0.4) is 0 Å². The monoisotopic (exact) mass is 365 g/mol. The van der Waals surface area contributed by atoms with Gasteiger partial charge in [0.05, 0.1) is 4.90 Å². The molecule has 0 bridgehead atoms. The number of aryl methyl sites for hydroxylation is 1. The van der Waals surface area contributed by atoms with E-state index in [1.165, 1.54) is 6.20 Å². The Morgan fingerprint density at radius 1 is 0.923 bits per heavy atom. The molecule has 2 atom stereocenters. The van der Waals surface area contributed by atoms with Crippen LogP contribution in [0.1, 0.15) is 40.0 Å². The van der Waals surface area contributed by atoms with Gasteiger partial charge in [-0.05, 0) is 36.2 Å². The quantitative estimate of drug-likeness (QED) is 0.705. The van der Waals surface area contributed by atoms with Gasteiger partial charge in [-0.1, -0.05) is 55.0 Å². The van der Waals surface area contributed by atoms with Crippen molar-refractivity contribution in [1.82, 2.24) is 3.97 Å². The van der Waals surface area contributed by atoms with Crippen molar-refractivity contribution in [1.29, 1.82) is 0 Å². The van der Waals surface area contributed by atoms with Crippen molar-refractivity contribution < 1.29 is 13.2 Å². The van der Waals surface area contributed by atoms with E-state index in [1.807, 2.05) is 44.2 Å². The second-order valence-electron chi connectivity index (χ2n) is 6.77. The van der Waals surface area contributed by atoms with E-state index in [2.05, 4.69) is 0 Å². The Labute approximate surface area is 153 Å². The zero-order valence-electron chi connectivity index (χ0n) is 14.6. The molecule has 4 nitrogen and oxygen atoms in total. The lowest BCUT2D eigenvalue weighted by atomic mass is 9.87. The number of carbonyl (C=O) groups is 1. The third-order valence-electron chi connectivity index (χ3n) is 5.10. The average molecular weight is 365 g/mol. The lowest BCUT2D eigenvalue weighted by molar-refractivity contribution is 0.0934. The van der Waals surface area contributed by atoms with Crippen molar-refractivity contribution in [2.75, 3.05) is 0 Å². The molecule has 26 heavy (non-hydrogen) atoms. The average Bonchev–Trinajstić information content (AvgIpc) is 3.16. The van der Waals surface area contributed by atoms with Gasteiger partial charge < -0.3 is 0 Å². The second kappa shape index (κ2) is 5.95. The van der Waals surface area contributed by atoms with Gasteiger partial charge in [0.2, 0.25) is 0 Å². The Bertz CT molecular complexity index is 1080. The Morgan fingerprint density at radius 2 is 1.58 bits per heavy atom. The molecule has 5 heteroatoms. The van der Waals surface area contributed by atoms with Gasteiger partial charge >= 0.3 is 0 Å². The zero-order valence-corrected chi connectivity index (χ0v) is 15.4. The van der Waals surface area contributed by atoms with Gasteiger partial charge in [0.25, 0.3) is 10.0 Å². The van der Waals surface area contributed by atoms with Crippen LogP contribution >= 0.6 is 0 Å². The summed E-state index contributed by atoms with van der Waals surface area (Å²) < 4.78 is 27.3. The molecular formula is C21H19NO3S. The van der Waals surface area contributed by atoms with E-state index in [-0.39, 0.29) is 28.2 Å². The molecule has 132 valence electrons. The summed E-state index contributed by atoms with van der Waals surface area (Å²) in [5.41, 5.74) is 3.07. The largest absolute Gasteiger partial charge is 0.292 e. The summed E-state index contributed by atoms with van der Waals surface area (Å²) in [5.74, 6) is -0.536. The van der Waals surface area contributed by atoms with Crippen molar-refractivity contribution >= 4 is 15.8 Å². The topological polar surface area (TPSA) is 56.1 Å². The minimum absolute atomic E-state index is 0.117. The van der Waals surface area contributed by atoms with E-state index in [4.69, 9.17) is 0 Å². The van der Waals surface area contributed by atoms with E-state index >= 15 is 0 Å². The first kappa shape index (κ1) is 16.8. The molecule has 1 aromatic heterocycles. The SMILES string of the molecule is Cc1ccc(S(=O)(=O)n2ccc3c2C(=O)C(C)C3c2ccccc2)cc1. The highest BCUT2D eigenvalue weighted by Crippen LogP contribution is 2.43. The third-order valence-corrected chi connectivity index (χ3v) is 6.79. The molecule has 0 saturated heterocycles. The molecule has 2 aromatic carbocycles. The van der Waals surface area contributed by atoms with Crippen LogP contribution in [0.15, 0.2) is 71.8 Å². The van der Waals surface area contributed by atoms with Crippen LogP contribution in [0, 0.1) is 12.8 Å². The molecule has 0 amide bonds. The number of Topliss-reactive ketones (excluding diaryl/α,β-unsaturated/α-hetero) is 1. The lowest BCUT2D eigenvalue weighted by Gasteiger charge is -2.15. The van der Waals surface area contributed by atoms with Crippen LogP contribution in [-0.2, 0) is 10.0 Å². The summed E-state index contributed by atoms with van der Waals surface area (Å²) in [5, 5.41) is 0. The maximum atomic E-state index is 13.1. The number of hydrogen-bond donors (Lipinski definition) is 0. The van der Waals surface area contributed by atoms with E-state index in [9.17, 15) is 13.2 Å². The summed E-state index contributed by atoms with van der Waals surface area (Å²) in [6, 6.07) is 18.2. The van der Waals surface area contributed by atoms with Gasteiger partial charge in [0, 0.05) is 18.0 Å². The van der Waals surface area contributed by atoms with E-state index in [0.29, 0.717) is 0 Å². The van der Waals surface area contributed by atoms with Crippen molar-refractivity contribution in [3.8, 4) is 0 Å². The maximum Gasteiger partial charge on any atom is 0.268 e. The van der Waals surface area contributed by atoms with Gasteiger partial charge in [0.1, 0.15) is 5.69 Å². The number of benzene rings is 2. The summed E-state index contributed by atoms with van der Waals surface area (Å²) in [6.07, 6.45) is 1.50. The predicted molar refractivity (Wildman–Crippen MR) is 100.0 cm³/mol. The van der Waals surface area contributed by atoms with Crippen LogP contribution in [0.2, 0.25) is 0 Å². The normalized spacial score (nSPS) is 19.5. The molecule has 4 rings (SSSR count). The molecule has 0 saturated carbocycles. The molecule has 0 fully saturated rings. The highest BCUT2D eigenvalue weighted by atomic mass is 32.2. The highest BCUT2D eigenvalue weighted by molar-refractivity contribution is 7.90. The van der Waals surface area contributed by atoms with Crippen LogP contribution in [0.4, 0.5) is 0 Å². The van der Waals surface area contributed by atoms with Gasteiger partial charge in [-0.15, -0.1) is 0 Å². The zero-order chi connectivity index (χ0) is 18.5. The molecule has 1 aliphatic carbocycles. The predicted octanol–water partition coefficient (Wildman–Crippen LogP) is 4.00. The number of aromatic nitrogens is 1. The fourth-order valence-electron chi connectivity index (χ4n) is 3.72. The smallest absolute Gasteiger partial charge is 0.268 e. The number of hydrogen-bond acceptors (Lipinski definition) is 3. The Morgan fingerprint density at radius 3 is 2.23 bits per heavy atom. The Kier molecular flexibility index (Phi) is 3.84. The van der Waals surface area contributed by atoms with Crippen molar-refractivity contribution in [3.05, 3.63) is 89.2 Å². The molecule has 0 N–H and O–H groups in total. The molecule has 0 radical (unpaired) electrons. The second-order valence-corrected chi connectivity index (χ2v) is 8.59. The van der Waals surface area contributed by atoms with Crippen molar-refractivity contribution in [2.45, 2.75) is 24.7 Å². The Hall–Kier alpha value is -2.66. The first-order valence-corrected chi connectivity index (χ1v) is 9.98. The van der Waals surface area contributed by atoms with Gasteiger partial charge in [0.15, 0.2) is 5.78 Å². The number of rotatable bonds is 3. The van der Waals surface area contributed by atoms with Crippen molar-refractivity contribution in [3.63, 3.8) is 0 Å². The summed E-state index contributed by atoms with van der Waals surface area (Å²) in [4.78, 5) is 13.1. The fourth-order valence-corrected chi connectivity index (χ4v) is 5.08. The number of carbonyl (C=O) groups excluding carboxylic acids is 1. The van der Waals surface area contributed by atoms with Gasteiger partial charge in [-0.2, -0.15) is 0 Å². The lowest BCUT2D eigenvalue weighted by Crippen LogP contribution is -2.19. The minimum atomic E-state index is -3.80. The molecule has 0 spiro atoms. The number of ketones is 1. The standard InChI is InChI=1S/C21H19NO3S/c1-14-8-10-17(11-9-14)26(24,25)22-13-12-18-19(15(2)21(23)20(18)22)16-6-4-3-5-7-16/h3-13,15,19H,1-2H3. The number of nitrogens with zero attached hydrogens (tertiary/aromatic N) is 1. The molecule has 2 unspecified atom stereocenters. The molecule has 0 aliphatic heterocycles. The molecule has 1 heterocycles. The fraction of sp³-hybridized carbons (Fsp3) is 0.190. The Balaban J connectivity index is 1.86. The summed E-state index contributed by atoms with van der Waals surface area (Å²) >= 11 is 0. The highest BCUT2D eigenvalue weighted by Gasteiger charge is 2.42. The summed E-state index contributed by atoms with van der Waals surface area (Å²) in [7, 11) is -3.80.